The fraction of sp³-hybridized carbons (Fsp3) is 0.455. The summed E-state index contributed by atoms with van der Waals surface area (Å²) in [6.07, 6.45) is 1.15. The molecule has 0 atom stereocenters. The fourth-order valence-electron chi connectivity index (χ4n) is 1.32. The molecular weight excluding hydrogens is 162 g/mol. The molecule has 2 nitrogen and oxygen atoms in total. The monoisotopic (exact) mass is 179 g/mol. The van der Waals surface area contributed by atoms with Gasteiger partial charge in [-0.3, -0.25) is 0 Å². The second-order valence-electron chi connectivity index (χ2n) is 3.25. The molecule has 72 valence electrons. The van der Waals surface area contributed by atoms with Crippen molar-refractivity contribution >= 4 is 5.69 Å². The van der Waals surface area contributed by atoms with Crippen molar-refractivity contribution < 1.29 is 5.11 Å². The van der Waals surface area contributed by atoms with Crippen LogP contribution in [0.15, 0.2) is 24.3 Å². The zero-order chi connectivity index (χ0) is 9.68. The second-order valence-corrected chi connectivity index (χ2v) is 3.25. The van der Waals surface area contributed by atoms with E-state index in [-0.39, 0.29) is 6.61 Å². The van der Waals surface area contributed by atoms with E-state index in [1.54, 1.807) is 0 Å². The molecule has 0 radical (unpaired) electrons. The first kappa shape index (κ1) is 10.1. The molecule has 0 aliphatic carbocycles. The van der Waals surface area contributed by atoms with Crippen LogP contribution in [0.25, 0.3) is 0 Å². The van der Waals surface area contributed by atoms with Gasteiger partial charge in [-0.2, -0.15) is 0 Å². The second kappa shape index (κ2) is 4.87. The number of nitrogens with zero attached hydrogens (tertiary/aromatic N) is 1. The molecule has 0 amide bonds. The van der Waals surface area contributed by atoms with Crippen LogP contribution in [0.3, 0.4) is 0 Å². The van der Waals surface area contributed by atoms with Gasteiger partial charge in [-0.15, -0.1) is 0 Å². The number of benzene rings is 1. The third kappa shape index (κ3) is 2.74. The van der Waals surface area contributed by atoms with Crippen LogP contribution < -0.4 is 4.90 Å². The lowest BCUT2D eigenvalue weighted by molar-refractivity contribution is 0.282. The molecule has 0 spiro atoms. The van der Waals surface area contributed by atoms with Gasteiger partial charge in [-0.25, -0.2) is 0 Å². The quantitative estimate of drug-likeness (QED) is 0.764. The minimum Gasteiger partial charge on any atom is -0.392 e. The zero-order valence-electron chi connectivity index (χ0n) is 8.33. The minimum atomic E-state index is 0.123. The minimum absolute atomic E-state index is 0.123. The van der Waals surface area contributed by atoms with E-state index in [2.05, 4.69) is 18.9 Å². The fourth-order valence-corrected chi connectivity index (χ4v) is 1.32. The molecule has 1 aromatic carbocycles. The van der Waals surface area contributed by atoms with E-state index in [0.29, 0.717) is 0 Å². The summed E-state index contributed by atoms with van der Waals surface area (Å²) >= 11 is 0. The van der Waals surface area contributed by atoms with Gasteiger partial charge in [0.05, 0.1) is 6.61 Å². The van der Waals surface area contributed by atoms with Gasteiger partial charge in [-0.05, 0) is 24.1 Å². The van der Waals surface area contributed by atoms with Crippen molar-refractivity contribution in [1.82, 2.24) is 0 Å². The van der Waals surface area contributed by atoms with E-state index in [0.717, 1.165) is 18.5 Å². The van der Waals surface area contributed by atoms with Gasteiger partial charge in [0.25, 0.3) is 0 Å². The summed E-state index contributed by atoms with van der Waals surface area (Å²) in [5.41, 5.74) is 2.17. The SMILES string of the molecule is CCCN(C)c1ccc(CO)cc1. The molecule has 0 fully saturated rings. The van der Waals surface area contributed by atoms with Gasteiger partial charge in [0.2, 0.25) is 0 Å². The highest BCUT2D eigenvalue weighted by Crippen LogP contribution is 2.13. The van der Waals surface area contributed by atoms with Crippen LogP contribution in [-0.4, -0.2) is 18.7 Å². The lowest BCUT2D eigenvalue weighted by Crippen LogP contribution is -2.17. The van der Waals surface area contributed by atoms with Gasteiger partial charge in [0.1, 0.15) is 0 Å². The number of aliphatic hydroxyl groups is 1. The summed E-state index contributed by atoms with van der Waals surface area (Å²) in [4.78, 5) is 2.21. The standard InChI is InChI=1S/C11H17NO/c1-3-8-12(2)11-6-4-10(9-13)5-7-11/h4-7,13H,3,8-9H2,1-2H3. The van der Waals surface area contributed by atoms with Crippen molar-refractivity contribution in [3.8, 4) is 0 Å². The maximum absolute atomic E-state index is 8.86. The van der Waals surface area contributed by atoms with Gasteiger partial charge >= 0.3 is 0 Å². The maximum atomic E-state index is 8.86. The highest BCUT2D eigenvalue weighted by molar-refractivity contribution is 5.46. The maximum Gasteiger partial charge on any atom is 0.0681 e. The number of rotatable bonds is 4. The Kier molecular flexibility index (Phi) is 3.77. The third-order valence-electron chi connectivity index (χ3n) is 2.12. The van der Waals surface area contributed by atoms with Crippen molar-refractivity contribution in [2.45, 2.75) is 20.0 Å². The molecule has 1 N–H and O–H groups in total. The summed E-state index contributed by atoms with van der Waals surface area (Å²) in [5, 5.41) is 8.86. The summed E-state index contributed by atoms with van der Waals surface area (Å²) < 4.78 is 0. The van der Waals surface area contributed by atoms with Crippen LogP contribution in [-0.2, 0) is 6.61 Å². The Morgan fingerprint density at radius 2 is 1.85 bits per heavy atom. The Labute approximate surface area is 79.8 Å². The highest BCUT2D eigenvalue weighted by atomic mass is 16.3. The number of hydrogen-bond donors (Lipinski definition) is 1. The molecule has 13 heavy (non-hydrogen) atoms. The molecular formula is C11H17NO. The molecule has 0 saturated heterocycles. The van der Waals surface area contributed by atoms with Crippen LogP contribution in [0.5, 0.6) is 0 Å². The largest absolute Gasteiger partial charge is 0.392 e. The van der Waals surface area contributed by atoms with Crippen LogP contribution in [0.2, 0.25) is 0 Å². The topological polar surface area (TPSA) is 23.5 Å². The van der Waals surface area contributed by atoms with Crippen molar-refractivity contribution in [1.29, 1.82) is 0 Å². The van der Waals surface area contributed by atoms with E-state index in [1.807, 2.05) is 24.3 Å². The number of hydrogen-bond acceptors (Lipinski definition) is 2. The Bertz CT molecular complexity index is 243. The van der Waals surface area contributed by atoms with Crippen LogP contribution in [0.1, 0.15) is 18.9 Å². The average molecular weight is 179 g/mol. The van der Waals surface area contributed by atoms with E-state index < -0.39 is 0 Å². The number of aliphatic hydroxyl groups excluding tert-OH is 1. The number of anilines is 1. The average Bonchev–Trinajstić information content (AvgIpc) is 2.18. The Balaban J connectivity index is 2.67. The van der Waals surface area contributed by atoms with Crippen molar-refractivity contribution in [2.24, 2.45) is 0 Å². The van der Waals surface area contributed by atoms with E-state index >= 15 is 0 Å². The predicted molar refractivity (Wildman–Crippen MR) is 55.9 cm³/mol. The van der Waals surface area contributed by atoms with Crippen LogP contribution in [0.4, 0.5) is 5.69 Å². The highest BCUT2D eigenvalue weighted by Gasteiger charge is 1.98. The molecule has 0 aromatic heterocycles. The van der Waals surface area contributed by atoms with Crippen molar-refractivity contribution in [3.05, 3.63) is 29.8 Å². The smallest absolute Gasteiger partial charge is 0.0681 e. The molecule has 0 aliphatic heterocycles. The molecule has 0 saturated carbocycles. The Hall–Kier alpha value is -1.02. The molecule has 1 aromatic rings. The van der Waals surface area contributed by atoms with Crippen molar-refractivity contribution in [3.63, 3.8) is 0 Å². The van der Waals surface area contributed by atoms with Gasteiger partial charge in [-0.1, -0.05) is 19.1 Å². The predicted octanol–water partition coefficient (Wildman–Crippen LogP) is 2.03. The summed E-state index contributed by atoms with van der Waals surface area (Å²) in [7, 11) is 2.08. The van der Waals surface area contributed by atoms with Crippen LogP contribution in [0, 0.1) is 0 Å². The lowest BCUT2D eigenvalue weighted by Gasteiger charge is -2.18. The first-order valence-electron chi connectivity index (χ1n) is 4.69. The lowest BCUT2D eigenvalue weighted by atomic mass is 10.2. The molecule has 0 aliphatic rings. The Morgan fingerprint density at radius 1 is 1.23 bits per heavy atom. The third-order valence-corrected chi connectivity index (χ3v) is 2.12. The van der Waals surface area contributed by atoms with E-state index in [9.17, 15) is 0 Å². The molecule has 0 unspecified atom stereocenters. The first-order valence-corrected chi connectivity index (χ1v) is 4.69. The zero-order valence-corrected chi connectivity index (χ0v) is 8.33. The summed E-state index contributed by atoms with van der Waals surface area (Å²) in [6.45, 7) is 3.36. The first-order chi connectivity index (χ1) is 6.27. The summed E-state index contributed by atoms with van der Waals surface area (Å²) in [5.74, 6) is 0. The van der Waals surface area contributed by atoms with E-state index in [4.69, 9.17) is 5.11 Å². The van der Waals surface area contributed by atoms with Gasteiger partial charge in [0, 0.05) is 19.3 Å². The Morgan fingerprint density at radius 3 is 2.31 bits per heavy atom. The molecule has 1 rings (SSSR count). The molecule has 0 heterocycles. The van der Waals surface area contributed by atoms with Crippen molar-refractivity contribution in [2.75, 3.05) is 18.5 Å². The normalized spacial score (nSPS) is 10.1. The molecule has 2 heteroatoms. The van der Waals surface area contributed by atoms with E-state index in [1.165, 1.54) is 5.69 Å². The van der Waals surface area contributed by atoms with Gasteiger partial charge in [0.15, 0.2) is 0 Å². The van der Waals surface area contributed by atoms with Crippen LogP contribution >= 0.6 is 0 Å². The van der Waals surface area contributed by atoms with Gasteiger partial charge < -0.3 is 10.0 Å². The molecule has 0 bridgehead atoms. The summed E-state index contributed by atoms with van der Waals surface area (Å²) in [6, 6.07) is 8.01.